The summed E-state index contributed by atoms with van der Waals surface area (Å²) in [4.78, 5) is 14.0. The number of carbonyl (C=O) groups is 1. The van der Waals surface area contributed by atoms with Crippen LogP contribution < -0.4 is 15.0 Å². The van der Waals surface area contributed by atoms with Gasteiger partial charge in [-0.15, -0.1) is 0 Å². The second-order valence-corrected chi connectivity index (χ2v) is 5.40. The zero-order valence-electron chi connectivity index (χ0n) is 13.2. The molecule has 2 aromatic carbocycles. The first-order chi connectivity index (χ1) is 10.6. The van der Waals surface area contributed by atoms with Crippen LogP contribution in [0, 0.1) is 0 Å². The number of hydrogen-bond donors (Lipinski definition) is 1. The van der Waals surface area contributed by atoms with Crippen LogP contribution in [0.3, 0.4) is 0 Å². The van der Waals surface area contributed by atoms with Crippen molar-refractivity contribution in [2.24, 2.45) is 0 Å². The Kier molecular flexibility index (Phi) is 5.42. The van der Waals surface area contributed by atoms with Gasteiger partial charge in [0.05, 0.1) is 6.54 Å². The van der Waals surface area contributed by atoms with Crippen LogP contribution in [0.4, 0.5) is 5.69 Å². The van der Waals surface area contributed by atoms with Crippen molar-refractivity contribution in [1.82, 2.24) is 5.32 Å². The number of rotatable bonds is 6. The topological polar surface area (TPSA) is 41.6 Å². The van der Waals surface area contributed by atoms with Crippen LogP contribution >= 0.6 is 0 Å². The second kappa shape index (κ2) is 7.50. The van der Waals surface area contributed by atoms with Crippen molar-refractivity contribution in [2.75, 3.05) is 25.5 Å². The summed E-state index contributed by atoms with van der Waals surface area (Å²) >= 11 is 0. The third kappa shape index (κ3) is 4.52. The Morgan fingerprint density at radius 1 is 1.14 bits per heavy atom. The summed E-state index contributed by atoms with van der Waals surface area (Å²) in [6, 6.07) is 17.1. The number of benzene rings is 2. The Hall–Kier alpha value is -2.49. The van der Waals surface area contributed by atoms with Gasteiger partial charge in [0.15, 0.2) is 0 Å². The summed E-state index contributed by atoms with van der Waals surface area (Å²) in [5, 5.41) is 2.88. The molecule has 0 heterocycles. The molecule has 0 aromatic heterocycles. The lowest BCUT2D eigenvalue weighted by molar-refractivity contribution is 0.0932. The molecule has 4 nitrogen and oxygen atoms in total. The van der Waals surface area contributed by atoms with Crippen molar-refractivity contribution in [1.29, 1.82) is 0 Å². The number of nitrogens with one attached hydrogen (secondary N) is 1. The highest BCUT2D eigenvalue weighted by Crippen LogP contribution is 2.20. The van der Waals surface area contributed by atoms with Gasteiger partial charge < -0.3 is 15.0 Å². The molecule has 0 saturated carbocycles. The standard InChI is InChI=1S/C18H22N2O2/c1-14(13-19-18(21)15-8-5-4-6-9-15)22-17-11-7-10-16(12-17)20(2)3/h4-12,14H,13H2,1-3H3,(H,19,21). The fraction of sp³-hybridized carbons (Fsp3) is 0.278. The first-order valence-corrected chi connectivity index (χ1v) is 7.33. The van der Waals surface area contributed by atoms with Gasteiger partial charge in [0, 0.05) is 31.4 Å². The molecular formula is C18H22N2O2. The van der Waals surface area contributed by atoms with Crippen molar-refractivity contribution in [3.63, 3.8) is 0 Å². The van der Waals surface area contributed by atoms with E-state index >= 15 is 0 Å². The van der Waals surface area contributed by atoms with Gasteiger partial charge in [-0.1, -0.05) is 24.3 Å². The highest BCUT2D eigenvalue weighted by molar-refractivity contribution is 5.94. The maximum atomic E-state index is 12.0. The fourth-order valence-electron chi connectivity index (χ4n) is 2.04. The smallest absolute Gasteiger partial charge is 0.251 e. The molecule has 22 heavy (non-hydrogen) atoms. The predicted octanol–water partition coefficient (Wildman–Crippen LogP) is 2.95. The van der Waals surface area contributed by atoms with Crippen molar-refractivity contribution < 1.29 is 9.53 Å². The molecule has 1 N–H and O–H groups in total. The Bertz CT molecular complexity index is 611. The first kappa shape index (κ1) is 15.9. The molecule has 2 rings (SSSR count). The van der Waals surface area contributed by atoms with E-state index in [0.29, 0.717) is 12.1 Å². The lowest BCUT2D eigenvalue weighted by Crippen LogP contribution is -2.33. The molecule has 116 valence electrons. The van der Waals surface area contributed by atoms with Gasteiger partial charge in [-0.05, 0) is 31.2 Å². The van der Waals surface area contributed by atoms with Crippen molar-refractivity contribution in [3.8, 4) is 5.75 Å². The van der Waals surface area contributed by atoms with Gasteiger partial charge in [-0.3, -0.25) is 4.79 Å². The predicted molar refractivity (Wildman–Crippen MR) is 89.6 cm³/mol. The van der Waals surface area contributed by atoms with Crippen LogP contribution in [0.15, 0.2) is 54.6 Å². The Labute approximate surface area is 131 Å². The molecule has 1 unspecified atom stereocenters. The van der Waals surface area contributed by atoms with Crippen molar-refractivity contribution in [2.45, 2.75) is 13.0 Å². The van der Waals surface area contributed by atoms with E-state index in [9.17, 15) is 4.79 Å². The van der Waals surface area contributed by atoms with Crippen LogP contribution in [0.1, 0.15) is 17.3 Å². The van der Waals surface area contributed by atoms with E-state index in [2.05, 4.69) is 5.32 Å². The largest absolute Gasteiger partial charge is 0.489 e. The summed E-state index contributed by atoms with van der Waals surface area (Å²) in [5.41, 5.74) is 1.74. The van der Waals surface area contributed by atoms with Crippen molar-refractivity contribution in [3.05, 3.63) is 60.2 Å². The van der Waals surface area contributed by atoms with Crippen LogP contribution in [0.25, 0.3) is 0 Å². The maximum absolute atomic E-state index is 12.0. The Morgan fingerprint density at radius 3 is 2.55 bits per heavy atom. The minimum Gasteiger partial charge on any atom is -0.489 e. The monoisotopic (exact) mass is 298 g/mol. The molecule has 1 amide bonds. The minimum absolute atomic E-state index is 0.0851. The van der Waals surface area contributed by atoms with Gasteiger partial charge >= 0.3 is 0 Å². The molecule has 2 aromatic rings. The zero-order valence-corrected chi connectivity index (χ0v) is 13.2. The van der Waals surface area contributed by atoms with Crippen LogP contribution in [0.2, 0.25) is 0 Å². The Morgan fingerprint density at radius 2 is 1.86 bits per heavy atom. The number of hydrogen-bond acceptors (Lipinski definition) is 3. The average molecular weight is 298 g/mol. The molecule has 0 radical (unpaired) electrons. The van der Waals surface area contributed by atoms with E-state index in [0.717, 1.165) is 11.4 Å². The maximum Gasteiger partial charge on any atom is 0.251 e. The number of nitrogens with zero attached hydrogens (tertiary/aromatic N) is 1. The van der Waals surface area contributed by atoms with E-state index in [1.165, 1.54) is 0 Å². The molecule has 4 heteroatoms. The molecule has 0 bridgehead atoms. The highest BCUT2D eigenvalue weighted by Gasteiger charge is 2.09. The SMILES string of the molecule is CC(CNC(=O)c1ccccc1)Oc1cccc(N(C)C)c1. The lowest BCUT2D eigenvalue weighted by atomic mass is 10.2. The quantitative estimate of drug-likeness (QED) is 0.891. The first-order valence-electron chi connectivity index (χ1n) is 7.33. The molecule has 0 aliphatic heterocycles. The van der Waals surface area contributed by atoms with E-state index in [4.69, 9.17) is 4.74 Å². The van der Waals surface area contributed by atoms with Crippen molar-refractivity contribution >= 4 is 11.6 Å². The molecule has 0 spiro atoms. The number of carbonyl (C=O) groups excluding carboxylic acids is 1. The lowest BCUT2D eigenvalue weighted by Gasteiger charge is -2.18. The van der Waals surface area contributed by atoms with Gasteiger partial charge in [-0.25, -0.2) is 0 Å². The summed E-state index contributed by atoms with van der Waals surface area (Å²) in [6.07, 6.45) is -0.106. The normalized spacial score (nSPS) is 11.6. The molecule has 0 fully saturated rings. The fourth-order valence-corrected chi connectivity index (χ4v) is 2.04. The highest BCUT2D eigenvalue weighted by atomic mass is 16.5. The number of anilines is 1. The summed E-state index contributed by atoms with van der Waals surface area (Å²) in [5.74, 6) is 0.714. The zero-order chi connectivity index (χ0) is 15.9. The third-order valence-electron chi connectivity index (χ3n) is 3.26. The number of amides is 1. The minimum atomic E-state index is -0.106. The van der Waals surface area contributed by atoms with Gasteiger partial charge in [0.1, 0.15) is 11.9 Å². The summed E-state index contributed by atoms with van der Waals surface area (Å²) in [7, 11) is 3.98. The molecule has 0 aliphatic rings. The second-order valence-electron chi connectivity index (χ2n) is 5.40. The molecule has 0 aliphatic carbocycles. The van der Waals surface area contributed by atoms with E-state index in [1.807, 2.05) is 68.4 Å². The van der Waals surface area contributed by atoms with Gasteiger partial charge in [0.25, 0.3) is 5.91 Å². The average Bonchev–Trinajstić information content (AvgIpc) is 2.53. The van der Waals surface area contributed by atoms with Crippen LogP contribution in [0.5, 0.6) is 5.75 Å². The summed E-state index contributed by atoms with van der Waals surface area (Å²) < 4.78 is 5.85. The van der Waals surface area contributed by atoms with Gasteiger partial charge in [-0.2, -0.15) is 0 Å². The molecule has 0 saturated heterocycles. The summed E-state index contributed by atoms with van der Waals surface area (Å²) in [6.45, 7) is 2.40. The third-order valence-corrected chi connectivity index (χ3v) is 3.26. The Balaban J connectivity index is 1.87. The van der Waals surface area contributed by atoms with Crippen LogP contribution in [-0.4, -0.2) is 32.7 Å². The molecular weight excluding hydrogens is 276 g/mol. The molecule has 1 atom stereocenters. The van der Waals surface area contributed by atoms with E-state index in [1.54, 1.807) is 12.1 Å². The van der Waals surface area contributed by atoms with Gasteiger partial charge in [0.2, 0.25) is 0 Å². The number of ether oxygens (including phenoxy) is 1. The van der Waals surface area contributed by atoms with Crippen LogP contribution in [-0.2, 0) is 0 Å². The van der Waals surface area contributed by atoms with E-state index < -0.39 is 0 Å². The van der Waals surface area contributed by atoms with E-state index in [-0.39, 0.29) is 12.0 Å².